The van der Waals surface area contributed by atoms with Crippen LogP contribution in [0.1, 0.15) is 29.3 Å². The number of pyridine rings is 1. The summed E-state index contributed by atoms with van der Waals surface area (Å²) in [5.41, 5.74) is 5.77. The van der Waals surface area contributed by atoms with Gasteiger partial charge in [-0.3, -0.25) is 14.5 Å². The molecule has 30 heavy (non-hydrogen) atoms. The maximum Gasteiger partial charge on any atom is 0.238 e. The second-order valence-electron chi connectivity index (χ2n) is 7.81. The third kappa shape index (κ3) is 3.96. The summed E-state index contributed by atoms with van der Waals surface area (Å²) in [6.45, 7) is 8.09. The van der Waals surface area contributed by atoms with Gasteiger partial charge in [0.1, 0.15) is 5.75 Å². The molecule has 2 aromatic carbocycles. The van der Waals surface area contributed by atoms with Gasteiger partial charge in [0, 0.05) is 41.8 Å². The SMILES string of the molecule is CCOc1ccc(NC(=O)CN2CCc3[nH]c4c(C)c(C)ccc4c(=O)c3C2)cc1. The maximum atomic E-state index is 13.1. The number of aromatic nitrogens is 1. The van der Waals surface area contributed by atoms with Crippen molar-refractivity contribution in [3.63, 3.8) is 0 Å². The number of hydrogen-bond donors (Lipinski definition) is 2. The molecule has 1 aromatic heterocycles. The second-order valence-corrected chi connectivity index (χ2v) is 7.81. The maximum absolute atomic E-state index is 13.1. The molecule has 0 atom stereocenters. The highest BCUT2D eigenvalue weighted by atomic mass is 16.5. The van der Waals surface area contributed by atoms with Crippen LogP contribution in [0, 0.1) is 13.8 Å². The molecule has 1 amide bonds. The molecule has 3 aromatic rings. The van der Waals surface area contributed by atoms with Crippen LogP contribution < -0.4 is 15.5 Å². The second kappa shape index (κ2) is 8.32. The molecule has 0 unspecified atom stereocenters. The van der Waals surface area contributed by atoms with Crippen LogP contribution in [0.5, 0.6) is 5.75 Å². The minimum absolute atomic E-state index is 0.0680. The Kier molecular flexibility index (Phi) is 5.59. The standard InChI is InChI=1S/C24H27N3O3/c1-4-30-18-8-6-17(7-9-18)25-22(28)14-27-12-11-21-20(13-27)24(29)19-10-5-15(2)16(3)23(19)26-21/h5-10H,4,11-14H2,1-3H3,(H,25,28)(H,26,29). The molecule has 0 aliphatic carbocycles. The average Bonchev–Trinajstić information content (AvgIpc) is 2.73. The summed E-state index contributed by atoms with van der Waals surface area (Å²) in [7, 11) is 0. The van der Waals surface area contributed by atoms with Crippen LogP contribution >= 0.6 is 0 Å². The fourth-order valence-corrected chi connectivity index (χ4v) is 3.99. The summed E-state index contributed by atoms with van der Waals surface area (Å²) >= 11 is 0. The molecule has 0 spiro atoms. The van der Waals surface area contributed by atoms with Crippen LogP contribution in [0.2, 0.25) is 0 Å². The fourth-order valence-electron chi connectivity index (χ4n) is 3.99. The van der Waals surface area contributed by atoms with E-state index in [9.17, 15) is 9.59 Å². The van der Waals surface area contributed by atoms with Gasteiger partial charge in [0.2, 0.25) is 5.91 Å². The van der Waals surface area contributed by atoms with Crippen LogP contribution in [-0.2, 0) is 17.8 Å². The Balaban J connectivity index is 1.47. The van der Waals surface area contributed by atoms with E-state index in [0.717, 1.165) is 52.1 Å². The van der Waals surface area contributed by atoms with Crippen LogP contribution in [-0.4, -0.2) is 35.5 Å². The van der Waals surface area contributed by atoms with E-state index in [-0.39, 0.29) is 17.9 Å². The lowest BCUT2D eigenvalue weighted by Crippen LogP contribution is -2.39. The Morgan fingerprint density at radius 3 is 2.67 bits per heavy atom. The predicted molar refractivity (Wildman–Crippen MR) is 119 cm³/mol. The Morgan fingerprint density at radius 1 is 1.17 bits per heavy atom. The third-order valence-corrected chi connectivity index (χ3v) is 5.77. The minimum Gasteiger partial charge on any atom is -0.494 e. The highest BCUT2D eigenvalue weighted by Gasteiger charge is 2.23. The van der Waals surface area contributed by atoms with Gasteiger partial charge in [-0.2, -0.15) is 0 Å². The Bertz CT molecular complexity index is 1150. The number of benzene rings is 2. The smallest absolute Gasteiger partial charge is 0.238 e. The number of aromatic amines is 1. The summed E-state index contributed by atoms with van der Waals surface area (Å²) in [5.74, 6) is 0.686. The largest absolute Gasteiger partial charge is 0.494 e. The first-order valence-electron chi connectivity index (χ1n) is 10.3. The lowest BCUT2D eigenvalue weighted by Gasteiger charge is -2.28. The number of carbonyl (C=O) groups excluding carboxylic acids is 1. The van der Waals surface area contributed by atoms with E-state index in [0.29, 0.717) is 13.2 Å². The van der Waals surface area contributed by atoms with Crippen molar-refractivity contribution in [1.82, 2.24) is 9.88 Å². The number of rotatable bonds is 5. The van der Waals surface area contributed by atoms with Crippen LogP contribution in [0.15, 0.2) is 41.2 Å². The van der Waals surface area contributed by atoms with Gasteiger partial charge in [0.25, 0.3) is 0 Å². The Hall–Kier alpha value is -3.12. The van der Waals surface area contributed by atoms with Gasteiger partial charge < -0.3 is 15.0 Å². The molecule has 1 aliphatic heterocycles. The summed E-state index contributed by atoms with van der Waals surface area (Å²) in [6.07, 6.45) is 0.726. The monoisotopic (exact) mass is 405 g/mol. The van der Waals surface area contributed by atoms with E-state index in [2.05, 4.69) is 17.2 Å². The Morgan fingerprint density at radius 2 is 1.93 bits per heavy atom. The first kappa shape index (κ1) is 20.2. The van der Waals surface area contributed by atoms with E-state index in [1.165, 1.54) is 5.56 Å². The average molecular weight is 405 g/mol. The number of anilines is 1. The third-order valence-electron chi connectivity index (χ3n) is 5.77. The molecule has 2 heterocycles. The number of amides is 1. The number of carbonyl (C=O) groups is 1. The summed E-state index contributed by atoms with van der Waals surface area (Å²) in [4.78, 5) is 31.1. The number of fused-ring (bicyclic) bond motifs is 2. The van der Waals surface area contributed by atoms with Crippen molar-refractivity contribution in [2.75, 3.05) is 25.0 Å². The molecule has 0 bridgehead atoms. The van der Waals surface area contributed by atoms with Gasteiger partial charge in [-0.25, -0.2) is 0 Å². The lowest BCUT2D eigenvalue weighted by atomic mass is 9.99. The molecule has 1 aliphatic rings. The molecule has 4 rings (SSSR count). The van der Waals surface area contributed by atoms with E-state index in [1.807, 2.05) is 55.1 Å². The molecule has 0 saturated heterocycles. The quantitative estimate of drug-likeness (QED) is 0.681. The van der Waals surface area contributed by atoms with Gasteiger partial charge in [0.05, 0.1) is 18.7 Å². The first-order valence-corrected chi connectivity index (χ1v) is 10.3. The molecule has 0 radical (unpaired) electrons. The van der Waals surface area contributed by atoms with Crippen molar-refractivity contribution in [3.8, 4) is 5.75 Å². The summed E-state index contributed by atoms with van der Waals surface area (Å²) in [6, 6.07) is 11.2. The topological polar surface area (TPSA) is 74.4 Å². The normalized spacial score (nSPS) is 13.8. The van der Waals surface area contributed by atoms with Gasteiger partial charge >= 0.3 is 0 Å². The molecular formula is C24H27N3O3. The number of H-pyrrole nitrogens is 1. The van der Waals surface area contributed by atoms with Crippen molar-refractivity contribution >= 4 is 22.5 Å². The van der Waals surface area contributed by atoms with Crippen molar-refractivity contribution in [2.24, 2.45) is 0 Å². The van der Waals surface area contributed by atoms with Crippen molar-refractivity contribution in [3.05, 3.63) is 69.0 Å². The predicted octanol–water partition coefficient (Wildman–Crippen LogP) is 3.54. The molecule has 6 heteroatoms. The van der Waals surface area contributed by atoms with E-state index < -0.39 is 0 Å². The molecular weight excluding hydrogens is 378 g/mol. The zero-order valence-electron chi connectivity index (χ0n) is 17.7. The van der Waals surface area contributed by atoms with Gasteiger partial charge in [-0.05, 0) is 62.2 Å². The van der Waals surface area contributed by atoms with E-state index in [4.69, 9.17) is 4.74 Å². The van der Waals surface area contributed by atoms with Gasteiger partial charge in [0.15, 0.2) is 5.43 Å². The molecule has 0 saturated carbocycles. The lowest BCUT2D eigenvalue weighted by molar-refractivity contribution is -0.117. The highest BCUT2D eigenvalue weighted by Crippen LogP contribution is 2.22. The zero-order chi connectivity index (χ0) is 21.3. The number of ether oxygens (including phenoxy) is 1. The van der Waals surface area contributed by atoms with Gasteiger partial charge in [-0.15, -0.1) is 0 Å². The first-order chi connectivity index (χ1) is 14.5. The van der Waals surface area contributed by atoms with Gasteiger partial charge in [-0.1, -0.05) is 6.07 Å². The molecule has 0 fully saturated rings. The van der Waals surface area contributed by atoms with Crippen LogP contribution in [0.25, 0.3) is 10.9 Å². The number of aryl methyl sites for hydroxylation is 2. The molecule has 156 valence electrons. The van der Waals surface area contributed by atoms with Crippen molar-refractivity contribution in [1.29, 1.82) is 0 Å². The number of nitrogens with zero attached hydrogens (tertiary/aromatic N) is 1. The Labute approximate surface area is 175 Å². The van der Waals surface area contributed by atoms with Crippen molar-refractivity contribution < 1.29 is 9.53 Å². The van der Waals surface area contributed by atoms with Crippen molar-refractivity contribution in [2.45, 2.75) is 33.7 Å². The fraction of sp³-hybridized carbons (Fsp3) is 0.333. The van der Waals surface area contributed by atoms with Crippen LogP contribution in [0.3, 0.4) is 0 Å². The summed E-state index contributed by atoms with van der Waals surface area (Å²) < 4.78 is 5.42. The number of hydrogen-bond acceptors (Lipinski definition) is 4. The highest BCUT2D eigenvalue weighted by molar-refractivity contribution is 5.92. The minimum atomic E-state index is -0.0914. The van der Waals surface area contributed by atoms with E-state index >= 15 is 0 Å². The number of nitrogens with one attached hydrogen (secondary N) is 2. The summed E-state index contributed by atoms with van der Waals surface area (Å²) in [5, 5.41) is 3.64. The van der Waals surface area contributed by atoms with E-state index in [1.54, 1.807) is 0 Å². The zero-order valence-corrected chi connectivity index (χ0v) is 17.7. The molecule has 2 N–H and O–H groups in total. The molecule has 6 nitrogen and oxygen atoms in total. The van der Waals surface area contributed by atoms with Crippen LogP contribution in [0.4, 0.5) is 5.69 Å².